The van der Waals surface area contributed by atoms with E-state index < -0.39 is 0 Å². The summed E-state index contributed by atoms with van der Waals surface area (Å²) in [7, 11) is 0. The molecular formula is C18H12Cl3N3O. The molecule has 0 saturated carbocycles. The predicted molar refractivity (Wildman–Crippen MR) is 103 cm³/mol. The molecule has 4 nitrogen and oxygen atoms in total. The van der Waals surface area contributed by atoms with Crippen LogP contribution >= 0.6 is 34.8 Å². The molecule has 0 spiro atoms. The average molecular weight is 393 g/mol. The minimum atomic E-state index is -0.323. The highest BCUT2D eigenvalue weighted by atomic mass is 35.5. The van der Waals surface area contributed by atoms with Gasteiger partial charge in [-0.1, -0.05) is 40.9 Å². The number of hydrogen-bond donors (Lipinski definition) is 2. The molecule has 0 aliphatic heterocycles. The fourth-order valence-electron chi connectivity index (χ4n) is 2.16. The fraction of sp³-hybridized carbons (Fsp3) is 0. The van der Waals surface area contributed by atoms with E-state index in [4.69, 9.17) is 34.8 Å². The number of amides is 1. The van der Waals surface area contributed by atoms with Crippen LogP contribution in [0.15, 0.2) is 60.8 Å². The number of halogens is 3. The summed E-state index contributed by atoms with van der Waals surface area (Å²) in [4.78, 5) is 16.8. The van der Waals surface area contributed by atoms with Gasteiger partial charge in [-0.05, 0) is 48.5 Å². The molecule has 7 heteroatoms. The van der Waals surface area contributed by atoms with Crippen LogP contribution in [0.4, 0.5) is 17.2 Å². The second kappa shape index (κ2) is 7.74. The minimum Gasteiger partial charge on any atom is -0.340 e. The smallest absolute Gasteiger partial charge is 0.259 e. The van der Waals surface area contributed by atoms with Gasteiger partial charge < -0.3 is 10.6 Å². The van der Waals surface area contributed by atoms with Crippen LogP contribution in [0.2, 0.25) is 15.1 Å². The number of pyridine rings is 1. The van der Waals surface area contributed by atoms with Crippen molar-refractivity contribution in [2.45, 2.75) is 0 Å². The molecular weight excluding hydrogens is 381 g/mol. The van der Waals surface area contributed by atoms with Gasteiger partial charge in [0.05, 0.1) is 15.6 Å². The molecule has 0 fully saturated rings. The highest BCUT2D eigenvalue weighted by Gasteiger charge is 2.13. The van der Waals surface area contributed by atoms with Crippen molar-refractivity contribution >= 4 is 57.9 Å². The Kier molecular flexibility index (Phi) is 5.43. The number of carbonyl (C=O) groups excluding carboxylic acids is 1. The summed E-state index contributed by atoms with van der Waals surface area (Å²) in [6.45, 7) is 0. The SMILES string of the molecule is O=C(Nc1ccc(Cl)c(Cl)c1)c1cccnc1Nc1cccc(Cl)c1. The van der Waals surface area contributed by atoms with E-state index in [1.54, 1.807) is 48.7 Å². The van der Waals surface area contributed by atoms with E-state index in [0.717, 1.165) is 5.69 Å². The molecule has 2 aromatic carbocycles. The summed E-state index contributed by atoms with van der Waals surface area (Å²) in [5.74, 6) is 0.0957. The number of rotatable bonds is 4. The summed E-state index contributed by atoms with van der Waals surface area (Å²) in [6, 6.07) is 15.4. The lowest BCUT2D eigenvalue weighted by Gasteiger charge is -2.12. The Morgan fingerprint density at radius 2 is 1.72 bits per heavy atom. The molecule has 3 aromatic rings. The fourth-order valence-corrected chi connectivity index (χ4v) is 2.65. The lowest BCUT2D eigenvalue weighted by atomic mass is 10.2. The Bertz CT molecular complexity index is 931. The van der Waals surface area contributed by atoms with E-state index in [-0.39, 0.29) is 5.91 Å². The van der Waals surface area contributed by atoms with E-state index in [1.807, 2.05) is 12.1 Å². The quantitative estimate of drug-likeness (QED) is 0.569. The summed E-state index contributed by atoms with van der Waals surface area (Å²) in [5, 5.41) is 7.24. The normalized spacial score (nSPS) is 10.4. The van der Waals surface area contributed by atoms with Crippen molar-refractivity contribution in [1.29, 1.82) is 0 Å². The Hall–Kier alpha value is -2.27. The molecule has 0 radical (unpaired) electrons. The summed E-state index contributed by atoms with van der Waals surface area (Å²) in [6.07, 6.45) is 1.60. The van der Waals surface area contributed by atoms with Crippen LogP contribution in [-0.2, 0) is 0 Å². The van der Waals surface area contributed by atoms with Crippen molar-refractivity contribution in [3.8, 4) is 0 Å². The molecule has 0 aliphatic rings. The van der Waals surface area contributed by atoms with Crippen LogP contribution in [0.3, 0.4) is 0 Å². The van der Waals surface area contributed by atoms with Gasteiger partial charge in [0.25, 0.3) is 5.91 Å². The summed E-state index contributed by atoms with van der Waals surface area (Å²) < 4.78 is 0. The first kappa shape index (κ1) is 17.5. The first-order valence-corrected chi connectivity index (χ1v) is 8.40. The number of carbonyl (C=O) groups is 1. The van der Waals surface area contributed by atoms with Gasteiger partial charge in [-0.15, -0.1) is 0 Å². The Morgan fingerprint density at radius 1 is 0.880 bits per heavy atom. The molecule has 0 unspecified atom stereocenters. The van der Waals surface area contributed by atoms with E-state index >= 15 is 0 Å². The first-order chi connectivity index (χ1) is 12.0. The minimum absolute atomic E-state index is 0.323. The van der Waals surface area contributed by atoms with Crippen molar-refractivity contribution in [3.63, 3.8) is 0 Å². The highest BCUT2D eigenvalue weighted by molar-refractivity contribution is 6.42. The Morgan fingerprint density at radius 3 is 2.48 bits per heavy atom. The summed E-state index contributed by atoms with van der Waals surface area (Å²) in [5.41, 5.74) is 1.65. The predicted octanol–water partition coefficient (Wildman–Crippen LogP) is 6.04. The van der Waals surface area contributed by atoms with Crippen molar-refractivity contribution in [2.75, 3.05) is 10.6 Å². The maximum absolute atomic E-state index is 12.6. The molecule has 0 atom stereocenters. The molecule has 1 amide bonds. The number of nitrogens with zero attached hydrogens (tertiary/aromatic N) is 1. The Balaban J connectivity index is 1.84. The maximum atomic E-state index is 12.6. The van der Waals surface area contributed by atoms with Crippen molar-refractivity contribution in [1.82, 2.24) is 4.98 Å². The second-order valence-electron chi connectivity index (χ2n) is 5.12. The third-order valence-corrected chi connectivity index (χ3v) is 4.29. The third-order valence-electron chi connectivity index (χ3n) is 3.32. The van der Waals surface area contributed by atoms with Crippen molar-refractivity contribution in [2.24, 2.45) is 0 Å². The molecule has 1 heterocycles. The number of nitrogens with one attached hydrogen (secondary N) is 2. The van der Waals surface area contributed by atoms with Gasteiger partial charge >= 0.3 is 0 Å². The molecule has 126 valence electrons. The molecule has 3 rings (SSSR count). The lowest BCUT2D eigenvalue weighted by Crippen LogP contribution is -2.14. The van der Waals surface area contributed by atoms with E-state index in [2.05, 4.69) is 15.6 Å². The van der Waals surface area contributed by atoms with Crippen LogP contribution in [0.5, 0.6) is 0 Å². The summed E-state index contributed by atoms with van der Waals surface area (Å²) >= 11 is 17.8. The van der Waals surface area contributed by atoms with E-state index in [9.17, 15) is 4.79 Å². The van der Waals surface area contributed by atoms with E-state index in [1.165, 1.54) is 0 Å². The van der Waals surface area contributed by atoms with Crippen molar-refractivity contribution in [3.05, 3.63) is 81.4 Å². The Labute approximate surface area is 159 Å². The number of aromatic nitrogens is 1. The number of hydrogen-bond acceptors (Lipinski definition) is 3. The van der Waals surface area contributed by atoms with Gasteiger partial charge in [-0.25, -0.2) is 4.98 Å². The zero-order valence-corrected chi connectivity index (χ0v) is 15.0. The van der Waals surface area contributed by atoms with Gasteiger partial charge in [-0.3, -0.25) is 4.79 Å². The molecule has 0 saturated heterocycles. The van der Waals surface area contributed by atoms with Crippen LogP contribution in [0, 0.1) is 0 Å². The van der Waals surface area contributed by atoms with Gasteiger partial charge in [0.2, 0.25) is 0 Å². The highest BCUT2D eigenvalue weighted by Crippen LogP contribution is 2.26. The molecule has 1 aromatic heterocycles. The molecule has 0 aliphatic carbocycles. The maximum Gasteiger partial charge on any atom is 0.259 e. The van der Waals surface area contributed by atoms with Crippen LogP contribution in [0.1, 0.15) is 10.4 Å². The number of anilines is 3. The van der Waals surface area contributed by atoms with Crippen LogP contribution in [-0.4, -0.2) is 10.9 Å². The van der Waals surface area contributed by atoms with Gasteiger partial charge in [0.15, 0.2) is 0 Å². The molecule has 25 heavy (non-hydrogen) atoms. The van der Waals surface area contributed by atoms with Crippen LogP contribution in [0.25, 0.3) is 0 Å². The number of benzene rings is 2. The van der Waals surface area contributed by atoms with Gasteiger partial charge in [-0.2, -0.15) is 0 Å². The van der Waals surface area contributed by atoms with Crippen molar-refractivity contribution < 1.29 is 4.79 Å². The van der Waals surface area contributed by atoms with Gasteiger partial charge in [0.1, 0.15) is 5.82 Å². The van der Waals surface area contributed by atoms with Gasteiger partial charge in [0, 0.05) is 22.6 Å². The standard InChI is InChI=1S/C18H12Cl3N3O/c19-11-3-1-4-12(9-11)23-17-14(5-2-8-22-17)18(25)24-13-6-7-15(20)16(21)10-13/h1-10H,(H,22,23)(H,24,25). The average Bonchev–Trinajstić information content (AvgIpc) is 2.59. The zero-order valence-electron chi connectivity index (χ0n) is 12.8. The van der Waals surface area contributed by atoms with Crippen LogP contribution < -0.4 is 10.6 Å². The van der Waals surface area contributed by atoms with E-state index in [0.29, 0.717) is 32.1 Å². The zero-order chi connectivity index (χ0) is 17.8. The lowest BCUT2D eigenvalue weighted by molar-refractivity contribution is 0.102. The largest absolute Gasteiger partial charge is 0.340 e. The molecule has 0 bridgehead atoms. The monoisotopic (exact) mass is 391 g/mol. The first-order valence-electron chi connectivity index (χ1n) is 7.27. The molecule has 2 N–H and O–H groups in total. The third kappa shape index (κ3) is 4.42. The second-order valence-corrected chi connectivity index (χ2v) is 6.37. The topological polar surface area (TPSA) is 54.0 Å².